The molecule has 1 N–H and O–H groups in total. The molecule has 2 aromatic carbocycles. The van der Waals surface area contributed by atoms with Crippen molar-refractivity contribution in [1.29, 1.82) is 0 Å². The topological polar surface area (TPSA) is 51.2 Å². The Balaban J connectivity index is 1.72. The number of benzene rings is 2. The number of rotatable bonds is 7. The Bertz CT molecular complexity index is 923. The summed E-state index contributed by atoms with van der Waals surface area (Å²) in [6, 6.07) is 13.8. The molecule has 0 saturated heterocycles. The van der Waals surface area contributed by atoms with Gasteiger partial charge in [-0.1, -0.05) is 37.3 Å². The molecule has 1 amide bonds. The van der Waals surface area contributed by atoms with Gasteiger partial charge in [-0.2, -0.15) is 8.78 Å². The molecule has 0 fully saturated rings. The summed E-state index contributed by atoms with van der Waals surface area (Å²) in [4.78, 5) is 16.7. The molecule has 7 heteroatoms. The number of amides is 1. The number of thiazole rings is 1. The van der Waals surface area contributed by atoms with Crippen molar-refractivity contribution in [2.45, 2.75) is 26.0 Å². The van der Waals surface area contributed by atoms with Crippen molar-refractivity contribution in [3.8, 4) is 5.75 Å². The highest BCUT2D eigenvalue weighted by Gasteiger charge is 2.18. The molecule has 0 aliphatic rings. The predicted molar refractivity (Wildman–Crippen MR) is 103 cm³/mol. The summed E-state index contributed by atoms with van der Waals surface area (Å²) in [5.74, 6) is -0.261. The van der Waals surface area contributed by atoms with Crippen LogP contribution in [0.5, 0.6) is 5.75 Å². The van der Waals surface area contributed by atoms with E-state index in [-0.39, 0.29) is 11.7 Å². The van der Waals surface area contributed by atoms with Crippen LogP contribution in [0.4, 0.5) is 8.78 Å². The number of carbonyl (C=O) groups excluding carboxylic acids is 1. The van der Waals surface area contributed by atoms with E-state index in [1.54, 1.807) is 24.3 Å². The highest BCUT2D eigenvalue weighted by atomic mass is 32.1. The third-order valence-electron chi connectivity index (χ3n) is 3.92. The average molecular weight is 388 g/mol. The molecule has 27 heavy (non-hydrogen) atoms. The maximum atomic E-state index is 12.6. The molecule has 1 aromatic heterocycles. The monoisotopic (exact) mass is 388 g/mol. The minimum absolute atomic E-state index is 0.0646. The van der Waals surface area contributed by atoms with Gasteiger partial charge in [-0.05, 0) is 30.7 Å². The van der Waals surface area contributed by atoms with Crippen LogP contribution in [0.25, 0.3) is 16.3 Å². The Hall–Kier alpha value is -2.80. The number of ether oxygens (including phenoxy) is 1. The average Bonchev–Trinajstić information content (AvgIpc) is 3.07. The number of hydrogen-bond acceptors (Lipinski definition) is 4. The number of alkyl halides is 2. The van der Waals surface area contributed by atoms with Gasteiger partial charge in [0.2, 0.25) is 5.91 Å². The molecule has 0 spiro atoms. The normalized spacial score (nSPS) is 12.6. The standard InChI is InChI=1S/C20H18F2N2O2S/c1-2-14(13-7-3-5-9-16(13)26-20(21)22)23-18(25)11-12-19-24-15-8-4-6-10-17(15)27-19/h3-12,14,20H,2H2,1H3,(H,23,25)/b12-11+. The zero-order valence-electron chi connectivity index (χ0n) is 14.6. The van der Waals surface area contributed by atoms with Crippen molar-refractivity contribution < 1.29 is 18.3 Å². The lowest BCUT2D eigenvalue weighted by Gasteiger charge is -2.19. The summed E-state index contributed by atoms with van der Waals surface area (Å²) in [7, 11) is 0. The van der Waals surface area contributed by atoms with Gasteiger partial charge in [-0.25, -0.2) is 4.98 Å². The number of nitrogens with one attached hydrogen (secondary N) is 1. The molecule has 0 aliphatic heterocycles. The first-order chi connectivity index (χ1) is 13.1. The first-order valence-corrected chi connectivity index (χ1v) is 9.26. The van der Waals surface area contributed by atoms with Crippen LogP contribution in [0, 0.1) is 0 Å². The number of hydrogen-bond donors (Lipinski definition) is 1. The summed E-state index contributed by atoms with van der Waals surface area (Å²) in [5, 5.41) is 3.55. The van der Waals surface area contributed by atoms with E-state index < -0.39 is 12.7 Å². The molecule has 1 heterocycles. The van der Waals surface area contributed by atoms with E-state index in [2.05, 4.69) is 15.0 Å². The number of para-hydroxylation sites is 2. The van der Waals surface area contributed by atoms with Crippen LogP contribution in [-0.4, -0.2) is 17.5 Å². The van der Waals surface area contributed by atoms with Crippen molar-refractivity contribution in [2.75, 3.05) is 0 Å². The van der Waals surface area contributed by atoms with E-state index in [1.807, 2.05) is 31.2 Å². The molecule has 0 radical (unpaired) electrons. The maximum absolute atomic E-state index is 12.6. The summed E-state index contributed by atoms with van der Waals surface area (Å²) in [6.45, 7) is -1.06. The number of fused-ring (bicyclic) bond motifs is 1. The minimum Gasteiger partial charge on any atom is -0.434 e. The molecule has 1 atom stereocenters. The van der Waals surface area contributed by atoms with Gasteiger partial charge in [0.25, 0.3) is 0 Å². The van der Waals surface area contributed by atoms with E-state index in [4.69, 9.17) is 0 Å². The van der Waals surface area contributed by atoms with Gasteiger partial charge in [0.15, 0.2) is 0 Å². The molecule has 1 unspecified atom stereocenters. The van der Waals surface area contributed by atoms with Crippen molar-refractivity contribution in [3.05, 3.63) is 65.2 Å². The predicted octanol–water partition coefficient (Wildman–Crippen LogP) is 5.18. The van der Waals surface area contributed by atoms with Crippen molar-refractivity contribution in [3.63, 3.8) is 0 Å². The molecular formula is C20H18F2N2O2S. The highest BCUT2D eigenvalue weighted by Crippen LogP contribution is 2.28. The molecule has 0 bridgehead atoms. The lowest BCUT2D eigenvalue weighted by Crippen LogP contribution is -2.27. The minimum atomic E-state index is -2.92. The van der Waals surface area contributed by atoms with Crippen LogP contribution in [0.1, 0.15) is 30.0 Å². The third-order valence-corrected chi connectivity index (χ3v) is 4.92. The number of nitrogens with zero attached hydrogens (tertiary/aromatic N) is 1. The fraction of sp³-hybridized carbons (Fsp3) is 0.200. The van der Waals surface area contributed by atoms with E-state index in [9.17, 15) is 13.6 Å². The van der Waals surface area contributed by atoms with Gasteiger partial charge in [0.1, 0.15) is 10.8 Å². The van der Waals surface area contributed by atoms with Gasteiger partial charge in [-0.15, -0.1) is 11.3 Å². The van der Waals surface area contributed by atoms with E-state index >= 15 is 0 Å². The van der Waals surface area contributed by atoms with Crippen molar-refractivity contribution in [2.24, 2.45) is 0 Å². The lowest BCUT2D eigenvalue weighted by atomic mass is 10.0. The Morgan fingerprint density at radius 3 is 2.70 bits per heavy atom. The van der Waals surface area contributed by atoms with Crippen LogP contribution in [-0.2, 0) is 4.79 Å². The van der Waals surface area contributed by atoms with E-state index in [0.29, 0.717) is 12.0 Å². The van der Waals surface area contributed by atoms with Crippen molar-refractivity contribution >= 4 is 33.5 Å². The van der Waals surface area contributed by atoms with Gasteiger partial charge >= 0.3 is 6.61 Å². The smallest absolute Gasteiger partial charge is 0.387 e. The van der Waals surface area contributed by atoms with Gasteiger partial charge in [-0.3, -0.25) is 4.79 Å². The second kappa shape index (κ2) is 8.73. The Labute approximate surface area is 159 Å². The van der Waals surface area contributed by atoms with Gasteiger partial charge in [0.05, 0.1) is 16.3 Å². The van der Waals surface area contributed by atoms with Crippen LogP contribution in [0.3, 0.4) is 0 Å². The molecule has 3 rings (SSSR count). The number of carbonyl (C=O) groups is 1. The van der Waals surface area contributed by atoms with E-state index in [1.165, 1.54) is 23.5 Å². The summed E-state index contributed by atoms with van der Waals surface area (Å²) in [6.07, 6.45) is 3.58. The fourth-order valence-corrected chi connectivity index (χ4v) is 3.57. The van der Waals surface area contributed by atoms with Crippen LogP contribution < -0.4 is 10.1 Å². The zero-order valence-corrected chi connectivity index (χ0v) is 15.4. The SMILES string of the molecule is CCC(NC(=O)/C=C/c1nc2ccccc2s1)c1ccccc1OC(F)F. The Morgan fingerprint density at radius 2 is 1.96 bits per heavy atom. The van der Waals surface area contributed by atoms with Crippen LogP contribution >= 0.6 is 11.3 Å². The molecule has 4 nitrogen and oxygen atoms in total. The lowest BCUT2D eigenvalue weighted by molar-refractivity contribution is -0.117. The quantitative estimate of drug-likeness (QED) is 0.568. The first kappa shape index (κ1) is 19.0. The van der Waals surface area contributed by atoms with Crippen LogP contribution in [0.15, 0.2) is 54.6 Å². The van der Waals surface area contributed by atoms with Crippen LogP contribution in [0.2, 0.25) is 0 Å². The molecular weight excluding hydrogens is 370 g/mol. The van der Waals surface area contributed by atoms with Crippen molar-refractivity contribution in [1.82, 2.24) is 10.3 Å². The maximum Gasteiger partial charge on any atom is 0.387 e. The first-order valence-electron chi connectivity index (χ1n) is 8.44. The summed E-state index contributed by atoms with van der Waals surface area (Å²) >= 11 is 1.49. The zero-order chi connectivity index (χ0) is 19.2. The molecule has 3 aromatic rings. The molecule has 0 aliphatic carbocycles. The Kier molecular flexibility index (Phi) is 6.13. The summed E-state index contributed by atoms with van der Waals surface area (Å²) in [5.41, 5.74) is 1.40. The second-order valence-corrected chi connectivity index (χ2v) is 6.80. The van der Waals surface area contributed by atoms with E-state index in [0.717, 1.165) is 15.2 Å². The summed E-state index contributed by atoms with van der Waals surface area (Å²) < 4.78 is 30.8. The molecule has 140 valence electrons. The number of aromatic nitrogens is 1. The fourth-order valence-electron chi connectivity index (χ4n) is 2.70. The number of halogens is 2. The second-order valence-electron chi connectivity index (χ2n) is 5.74. The van der Waals surface area contributed by atoms with Gasteiger partial charge in [0, 0.05) is 11.6 Å². The highest BCUT2D eigenvalue weighted by molar-refractivity contribution is 7.19. The van der Waals surface area contributed by atoms with Gasteiger partial charge < -0.3 is 10.1 Å². The Morgan fingerprint density at radius 1 is 1.22 bits per heavy atom. The molecule has 0 saturated carbocycles. The largest absolute Gasteiger partial charge is 0.434 e. The third kappa shape index (κ3) is 4.89.